The van der Waals surface area contributed by atoms with Crippen molar-refractivity contribution >= 4 is 95.2 Å². The van der Waals surface area contributed by atoms with Crippen LogP contribution in [0.1, 0.15) is 76.8 Å². The highest BCUT2D eigenvalue weighted by Crippen LogP contribution is 2.54. The van der Waals surface area contributed by atoms with Crippen LogP contribution in [0.4, 0.5) is 11.4 Å². The number of rotatable bonds is 24. The smallest absolute Gasteiger partial charge is 0.303 e. The van der Waals surface area contributed by atoms with E-state index in [0.717, 1.165) is 12.1 Å². The molecule has 0 aliphatic carbocycles. The highest BCUT2D eigenvalue weighted by Gasteiger charge is 2.49. The number of aliphatic carboxylic acids is 1. The summed E-state index contributed by atoms with van der Waals surface area (Å²) in [6, 6.07) is 8.74. The number of carboxylic acid groups (broad SMARTS) is 1. The zero-order valence-electron chi connectivity index (χ0n) is 39.9. The summed E-state index contributed by atoms with van der Waals surface area (Å²) in [6.45, 7) is 6.22. The molecular formula is C47H52N2O19S5-4. The molecule has 2 aliphatic heterocycles. The normalized spacial score (nSPS) is 19.4. The Morgan fingerprint density at radius 1 is 0.671 bits per heavy atom. The summed E-state index contributed by atoms with van der Waals surface area (Å²) in [5.74, 6) is -1.78. The first kappa shape index (κ1) is 57.3. The number of fused-ring (bicyclic) bond motifs is 6. The lowest BCUT2D eigenvalue weighted by atomic mass is 9.75. The van der Waals surface area contributed by atoms with Gasteiger partial charge < -0.3 is 42.2 Å². The molecule has 73 heavy (non-hydrogen) atoms. The van der Waals surface area contributed by atoms with Crippen molar-refractivity contribution in [3.8, 4) is 0 Å². The Hall–Kier alpha value is -4.97. The fraction of sp³-hybridized carbons (Fsp3) is 0.404. The number of methoxy groups -OCH3 is 1. The van der Waals surface area contributed by atoms with Crippen molar-refractivity contribution in [1.29, 1.82) is 0 Å². The lowest BCUT2D eigenvalue weighted by Crippen LogP contribution is -2.33. The average molecular weight is 1110 g/mol. The number of carboxylic acids is 1. The zero-order valence-corrected chi connectivity index (χ0v) is 44.0. The molecular weight excluding hydrogens is 1060 g/mol. The van der Waals surface area contributed by atoms with Crippen molar-refractivity contribution in [3.05, 3.63) is 95.7 Å². The minimum absolute atomic E-state index is 0.000201. The summed E-state index contributed by atoms with van der Waals surface area (Å²) in [6.07, 6.45) is 9.30. The molecule has 0 bridgehead atoms. The van der Waals surface area contributed by atoms with Gasteiger partial charge in [-0.2, -0.15) is 4.58 Å². The van der Waals surface area contributed by atoms with Gasteiger partial charge in [0.05, 0.1) is 48.3 Å². The first-order chi connectivity index (χ1) is 33.9. The molecule has 2 heterocycles. The van der Waals surface area contributed by atoms with Crippen LogP contribution in [0, 0.1) is 0 Å². The van der Waals surface area contributed by atoms with E-state index in [0.29, 0.717) is 59.7 Å². The van der Waals surface area contributed by atoms with Gasteiger partial charge in [0.1, 0.15) is 47.0 Å². The van der Waals surface area contributed by atoms with Gasteiger partial charge in [-0.25, -0.2) is 42.1 Å². The number of nitrogens with zero attached hydrogens (tertiary/aromatic N) is 2. The van der Waals surface area contributed by atoms with Crippen LogP contribution in [0.25, 0.3) is 21.5 Å². The molecule has 21 nitrogen and oxygen atoms in total. The van der Waals surface area contributed by atoms with Crippen LogP contribution < -0.4 is 4.90 Å². The van der Waals surface area contributed by atoms with Gasteiger partial charge in [-0.3, -0.25) is 4.79 Å². The van der Waals surface area contributed by atoms with E-state index in [4.69, 9.17) is 9.47 Å². The zero-order chi connectivity index (χ0) is 54.1. The number of ether oxygens (including phenoxy) is 2. The Labute approximate surface area is 424 Å². The van der Waals surface area contributed by atoms with Crippen LogP contribution in [-0.4, -0.2) is 132 Å². The summed E-state index contributed by atoms with van der Waals surface area (Å²) in [4.78, 5) is 9.29. The highest BCUT2D eigenvalue weighted by molar-refractivity contribution is 7.87. The third-order valence-corrected chi connectivity index (χ3v) is 17.3. The molecule has 0 saturated heterocycles. The van der Waals surface area contributed by atoms with Gasteiger partial charge in [-0.15, -0.1) is 0 Å². The number of benzene rings is 4. The third kappa shape index (κ3) is 12.4. The maximum absolute atomic E-state index is 12.7. The molecule has 6 rings (SSSR count). The van der Waals surface area contributed by atoms with Gasteiger partial charge in [0, 0.05) is 78.7 Å². The molecule has 0 spiro atoms. The second kappa shape index (κ2) is 21.7. The van der Waals surface area contributed by atoms with Crippen molar-refractivity contribution in [2.75, 3.05) is 50.7 Å². The second-order valence-corrected chi connectivity index (χ2v) is 24.9. The molecule has 398 valence electrons. The van der Waals surface area contributed by atoms with Gasteiger partial charge in [0.25, 0.3) is 0 Å². The quantitative estimate of drug-likeness (QED) is 0.0427. The number of hydrogen-bond acceptors (Lipinski definition) is 19. The van der Waals surface area contributed by atoms with Gasteiger partial charge in [0.2, 0.25) is 5.69 Å². The second-order valence-electron chi connectivity index (χ2n) is 17.9. The van der Waals surface area contributed by atoms with Crippen molar-refractivity contribution in [3.63, 3.8) is 0 Å². The Bertz CT molecular complexity index is 3570. The van der Waals surface area contributed by atoms with E-state index in [1.54, 1.807) is 62.1 Å². The number of anilines is 1. The molecule has 1 N–H and O–H groups in total. The lowest BCUT2D eigenvalue weighted by molar-refractivity contribution is -0.438. The summed E-state index contributed by atoms with van der Waals surface area (Å²) in [7, 11) is -24.6. The molecule has 0 amide bonds. The minimum Gasteiger partial charge on any atom is -0.748 e. The van der Waals surface area contributed by atoms with Crippen molar-refractivity contribution < 1.29 is 88.8 Å². The van der Waals surface area contributed by atoms with E-state index in [-0.39, 0.29) is 85.7 Å². The molecule has 2 unspecified atom stereocenters. The molecule has 2 aliphatic rings. The monoisotopic (exact) mass is 1110 g/mol. The topological polar surface area (TPSA) is 348 Å². The highest BCUT2D eigenvalue weighted by atomic mass is 32.2. The van der Waals surface area contributed by atoms with Crippen LogP contribution in [-0.2, 0) is 75.7 Å². The minimum atomic E-state index is -5.37. The van der Waals surface area contributed by atoms with Gasteiger partial charge >= 0.3 is 5.97 Å². The third-order valence-electron chi connectivity index (χ3n) is 13.2. The SMILES string of the molecule is CCN1/C(=C/C=C/C=C/C2=[N+](CCCCCC(=O)O)c3ccc4c(S(=O)(=O)[O-])cc(S(=O)(=O)[O-])cc4c3C2(C)CCOCCOC)C(C)(CCCS(=O)(=O)[O-])c2c1ccc1c(S(=O)(=O)[O-])cc(S(=O)(=O)[O-])cc21. The predicted octanol–water partition coefficient (Wildman–Crippen LogP) is 4.78. The predicted molar refractivity (Wildman–Crippen MR) is 261 cm³/mol. The van der Waals surface area contributed by atoms with Crippen molar-refractivity contribution in [2.24, 2.45) is 0 Å². The number of carbonyl (C=O) groups is 1. The standard InChI is InChI=1S/C47H56N2O19S5/c1-5-48-37-18-16-33-35(27-31(70(55,56)57)29-39(33)72(61,62)63)44(37)46(2,20-12-26-69(52,53)54)41(48)13-8-6-9-14-42-47(3,21-23-68-25-24-67-4)45-36-28-32(71(58,59)60)30-40(73(64,65)66)34(36)17-19-38(45)49(42)22-11-7-10-15-43(50)51/h6,8-9,13-14,16-19,27-30H,5,7,10-12,15,20-26H2,1-4H3,(H5-,50,51,52,53,54,55,56,57,58,59,60,61,62,63,64,65,66)/p-4. The molecule has 0 saturated carbocycles. The number of likely N-dealkylation sites (N-methyl/N-ethyl adjacent to an activating group) is 1. The van der Waals surface area contributed by atoms with E-state index >= 15 is 0 Å². The largest absolute Gasteiger partial charge is 0.748 e. The lowest BCUT2D eigenvalue weighted by Gasteiger charge is -2.30. The van der Waals surface area contributed by atoms with E-state index in [2.05, 4.69) is 0 Å². The molecule has 26 heteroatoms. The average Bonchev–Trinajstić information content (AvgIpc) is 3.66. The van der Waals surface area contributed by atoms with E-state index in [1.165, 1.54) is 25.3 Å². The molecule has 0 fully saturated rings. The Morgan fingerprint density at radius 3 is 1.79 bits per heavy atom. The van der Waals surface area contributed by atoms with E-state index in [1.807, 2.05) is 4.58 Å². The fourth-order valence-corrected chi connectivity index (χ4v) is 13.1. The Balaban J connectivity index is 1.55. The number of allylic oxidation sites excluding steroid dienone is 6. The molecule has 4 aromatic rings. The Morgan fingerprint density at radius 2 is 1.26 bits per heavy atom. The van der Waals surface area contributed by atoms with Crippen LogP contribution in [0.5, 0.6) is 0 Å². The van der Waals surface area contributed by atoms with Gasteiger partial charge in [-0.1, -0.05) is 24.3 Å². The fourth-order valence-electron chi connectivity index (χ4n) is 9.99. The van der Waals surface area contributed by atoms with Crippen molar-refractivity contribution in [2.45, 2.75) is 96.1 Å². The van der Waals surface area contributed by atoms with Crippen LogP contribution >= 0.6 is 0 Å². The molecule has 4 aromatic carbocycles. The summed E-state index contributed by atoms with van der Waals surface area (Å²) >= 11 is 0. The molecule has 0 radical (unpaired) electrons. The summed E-state index contributed by atoms with van der Waals surface area (Å²) in [5.41, 5.74) is 0.0334. The maximum Gasteiger partial charge on any atom is 0.303 e. The van der Waals surface area contributed by atoms with Crippen LogP contribution in [0.15, 0.2) is 104 Å². The van der Waals surface area contributed by atoms with Crippen LogP contribution in [0.2, 0.25) is 0 Å². The van der Waals surface area contributed by atoms with Gasteiger partial charge in [0.15, 0.2) is 5.71 Å². The van der Waals surface area contributed by atoms with Gasteiger partial charge in [-0.05, 0) is 117 Å². The first-order valence-corrected chi connectivity index (χ1v) is 29.9. The Kier molecular flexibility index (Phi) is 17.0. The summed E-state index contributed by atoms with van der Waals surface area (Å²) < 4.78 is 199. The van der Waals surface area contributed by atoms with Crippen LogP contribution in [0.3, 0.4) is 0 Å². The van der Waals surface area contributed by atoms with Crippen molar-refractivity contribution in [1.82, 2.24) is 0 Å². The molecule has 0 aromatic heterocycles. The molecule has 2 atom stereocenters. The van der Waals surface area contributed by atoms with E-state index < -0.39 is 92.7 Å². The number of hydrogen-bond donors (Lipinski definition) is 1. The number of unbranched alkanes of at least 4 members (excludes halogenated alkanes) is 2. The van der Waals surface area contributed by atoms with E-state index in [9.17, 15) is 74.8 Å². The first-order valence-electron chi connectivity index (χ1n) is 22.6. The summed E-state index contributed by atoms with van der Waals surface area (Å²) in [5, 5.41) is 8.86. The maximum atomic E-state index is 12.7.